The number of amides is 1. The van der Waals surface area contributed by atoms with E-state index in [1.54, 1.807) is 39.0 Å². The van der Waals surface area contributed by atoms with Crippen LogP contribution in [0.25, 0.3) is 0 Å². The average molecular weight is 309 g/mol. The zero-order valence-corrected chi connectivity index (χ0v) is 13.9. The van der Waals surface area contributed by atoms with E-state index in [1.165, 1.54) is 26.2 Å². The van der Waals surface area contributed by atoms with E-state index in [9.17, 15) is 9.59 Å². The van der Waals surface area contributed by atoms with Crippen molar-refractivity contribution in [2.45, 2.75) is 26.4 Å². The highest BCUT2D eigenvalue weighted by atomic mass is 16.6. The molecule has 1 aromatic carbocycles. The minimum atomic E-state index is -0.599. The largest absolute Gasteiger partial charge is 0.493 e. The predicted molar refractivity (Wildman–Crippen MR) is 82.7 cm³/mol. The fourth-order valence-corrected chi connectivity index (χ4v) is 1.72. The summed E-state index contributed by atoms with van der Waals surface area (Å²) in [5.74, 6) is 0.794. The Hall–Kier alpha value is -2.24. The van der Waals surface area contributed by atoms with E-state index in [0.717, 1.165) is 0 Å². The predicted octanol–water partition coefficient (Wildman–Crippen LogP) is 2.75. The summed E-state index contributed by atoms with van der Waals surface area (Å²) in [6.45, 7) is 5.24. The van der Waals surface area contributed by atoms with Crippen LogP contribution in [0, 0.1) is 0 Å². The van der Waals surface area contributed by atoms with Gasteiger partial charge in [-0.3, -0.25) is 4.79 Å². The second-order valence-corrected chi connectivity index (χ2v) is 5.83. The van der Waals surface area contributed by atoms with E-state index in [4.69, 9.17) is 14.2 Å². The average Bonchev–Trinajstić information content (AvgIpc) is 2.44. The van der Waals surface area contributed by atoms with Crippen molar-refractivity contribution in [2.24, 2.45) is 0 Å². The van der Waals surface area contributed by atoms with Crippen LogP contribution in [-0.4, -0.2) is 50.2 Å². The summed E-state index contributed by atoms with van der Waals surface area (Å²) in [5.41, 5.74) is -0.161. The number of rotatable bonds is 5. The molecule has 6 heteroatoms. The maximum Gasteiger partial charge on any atom is 0.410 e. The molecule has 0 heterocycles. The van der Waals surface area contributed by atoms with Gasteiger partial charge in [-0.05, 0) is 39.0 Å². The van der Waals surface area contributed by atoms with Gasteiger partial charge in [-0.25, -0.2) is 4.79 Å². The molecule has 6 nitrogen and oxygen atoms in total. The molecule has 122 valence electrons. The van der Waals surface area contributed by atoms with E-state index < -0.39 is 11.7 Å². The Balaban J connectivity index is 2.78. The van der Waals surface area contributed by atoms with Crippen molar-refractivity contribution >= 4 is 11.9 Å². The molecule has 0 aliphatic carbocycles. The maximum atomic E-state index is 12.2. The van der Waals surface area contributed by atoms with Crippen LogP contribution in [0.4, 0.5) is 4.79 Å². The minimum Gasteiger partial charge on any atom is -0.493 e. The Bertz CT molecular complexity index is 548. The zero-order valence-electron chi connectivity index (χ0n) is 13.9. The highest BCUT2D eigenvalue weighted by molar-refractivity contribution is 5.99. The van der Waals surface area contributed by atoms with Gasteiger partial charge in [0.05, 0.1) is 20.8 Å². The van der Waals surface area contributed by atoms with E-state index >= 15 is 0 Å². The third-order valence-corrected chi connectivity index (χ3v) is 2.79. The van der Waals surface area contributed by atoms with Crippen molar-refractivity contribution in [3.05, 3.63) is 23.8 Å². The molecule has 0 fully saturated rings. The molecule has 0 saturated carbocycles. The normalized spacial score (nSPS) is 10.8. The van der Waals surface area contributed by atoms with Gasteiger partial charge in [-0.15, -0.1) is 0 Å². The molecule has 22 heavy (non-hydrogen) atoms. The number of carbonyl (C=O) groups is 2. The number of ether oxygens (including phenoxy) is 3. The Kier molecular flexibility index (Phi) is 5.79. The zero-order chi connectivity index (χ0) is 16.9. The molecule has 0 aliphatic heterocycles. The van der Waals surface area contributed by atoms with Gasteiger partial charge in [0.25, 0.3) is 0 Å². The molecule has 0 atom stereocenters. The third kappa shape index (κ3) is 4.95. The summed E-state index contributed by atoms with van der Waals surface area (Å²) in [4.78, 5) is 25.3. The lowest BCUT2D eigenvalue weighted by Crippen LogP contribution is -2.37. The molecule has 1 amide bonds. The number of hydrogen-bond donors (Lipinski definition) is 0. The molecule has 0 aromatic heterocycles. The van der Waals surface area contributed by atoms with E-state index in [-0.39, 0.29) is 12.3 Å². The van der Waals surface area contributed by atoms with Crippen molar-refractivity contribution in [1.82, 2.24) is 4.90 Å². The van der Waals surface area contributed by atoms with E-state index in [1.807, 2.05) is 0 Å². The number of likely N-dealkylation sites (N-methyl/N-ethyl adjacent to an activating group) is 1. The van der Waals surface area contributed by atoms with Crippen LogP contribution in [0.15, 0.2) is 18.2 Å². The number of ketones is 1. The molecule has 1 rings (SSSR count). The summed E-state index contributed by atoms with van der Waals surface area (Å²) in [6, 6.07) is 4.87. The molecule has 0 N–H and O–H groups in total. The van der Waals surface area contributed by atoms with Gasteiger partial charge in [0.2, 0.25) is 0 Å². The minimum absolute atomic E-state index is 0.0790. The standard InChI is InChI=1S/C16H23NO5/c1-16(2,3)22-15(19)17(4)10-12(18)11-7-8-13(20-5)14(9-11)21-6/h7-9H,10H2,1-6H3. The van der Waals surface area contributed by atoms with E-state index in [2.05, 4.69) is 0 Å². The van der Waals surface area contributed by atoms with Gasteiger partial charge >= 0.3 is 6.09 Å². The highest BCUT2D eigenvalue weighted by Crippen LogP contribution is 2.27. The van der Waals surface area contributed by atoms with Gasteiger partial charge in [-0.2, -0.15) is 0 Å². The third-order valence-electron chi connectivity index (χ3n) is 2.79. The van der Waals surface area contributed by atoms with E-state index in [0.29, 0.717) is 17.1 Å². The fraction of sp³-hybridized carbons (Fsp3) is 0.500. The highest BCUT2D eigenvalue weighted by Gasteiger charge is 2.22. The summed E-state index contributed by atoms with van der Waals surface area (Å²) >= 11 is 0. The van der Waals surface area contributed by atoms with Gasteiger partial charge in [0.1, 0.15) is 5.60 Å². The molecule has 0 bridgehead atoms. The van der Waals surface area contributed by atoms with Gasteiger partial charge in [-0.1, -0.05) is 0 Å². The number of benzene rings is 1. The lowest BCUT2D eigenvalue weighted by Gasteiger charge is -2.24. The Morgan fingerprint density at radius 3 is 2.18 bits per heavy atom. The van der Waals surface area contributed by atoms with Crippen LogP contribution in [0.2, 0.25) is 0 Å². The molecule has 1 aromatic rings. The number of methoxy groups -OCH3 is 2. The van der Waals surface area contributed by atoms with Crippen LogP contribution in [0.3, 0.4) is 0 Å². The van der Waals surface area contributed by atoms with Crippen molar-refractivity contribution < 1.29 is 23.8 Å². The molecule has 0 aliphatic rings. The monoisotopic (exact) mass is 309 g/mol. The van der Waals surface area contributed by atoms with Gasteiger partial charge < -0.3 is 19.1 Å². The molecular formula is C16H23NO5. The summed E-state index contributed by atoms with van der Waals surface area (Å²) in [6.07, 6.45) is -0.540. The Morgan fingerprint density at radius 2 is 1.68 bits per heavy atom. The number of nitrogens with zero attached hydrogens (tertiary/aromatic N) is 1. The first-order chi connectivity index (χ1) is 10.2. The van der Waals surface area contributed by atoms with Gasteiger partial charge in [0.15, 0.2) is 17.3 Å². The fourth-order valence-electron chi connectivity index (χ4n) is 1.72. The number of carbonyl (C=O) groups excluding carboxylic acids is 2. The Labute approximate surface area is 131 Å². The molecule has 0 radical (unpaired) electrons. The topological polar surface area (TPSA) is 65.1 Å². The van der Waals surface area contributed by atoms with Crippen LogP contribution < -0.4 is 9.47 Å². The first-order valence-electron chi connectivity index (χ1n) is 6.87. The molecule has 0 unspecified atom stereocenters. The second kappa shape index (κ2) is 7.15. The number of hydrogen-bond acceptors (Lipinski definition) is 5. The summed E-state index contributed by atoms with van der Waals surface area (Å²) in [5, 5.41) is 0. The van der Waals surface area contributed by atoms with Crippen molar-refractivity contribution in [1.29, 1.82) is 0 Å². The lowest BCUT2D eigenvalue weighted by atomic mass is 10.1. The smallest absolute Gasteiger partial charge is 0.410 e. The lowest BCUT2D eigenvalue weighted by molar-refractivity contribution is 0.0294. The SMILES string of the molecule is COc1ccc(C(=O)CN(C)C(=O)OC(C)(C)C)cc1OC. The van der Waals surface area contributed by atoms with Crippen molar-refractivity contribution in [2.75, 3.05) is 27.8 Å². The molecule has 0 spiro atoms. The van der Waals surface area contributed by atoms with Crippen LogP contribution in [-0.2, 0) is 4.74 Å². The van der Waals surface area contributed by atoms with Gasteiger partial charge in [0, 0.05) is 12.6 Å². The Morgan fingerprint density at radius 1 is 1.09 bits per heavy atom. The molecule has 0 saturated heterocycles. The van der Waals surface area contributed by atoms with Crippen molar-refractivity contribution in [3.8, 4) is 11.5 Å². The second-order valence-electron chi connectivity index (χ2n) is 5.83. The van der Waals surface area contributed by atoms with Crippen LogP contribution >= 0.6 is 0 Å². The summed E-state index contributed by atoms with van der Waals surface area (Å²) in [7, 11) is 4.54. The quantitative estimate of drug-likeness (QED) is 0.783. The summed E-state index contributed by atoms with van der Waals surface area (Å²) < 4.78 is 15.5. The van der Waals surface area contributed by atoms with Crippen LogP contribution in [0.5, 0.6) is 11.5 Å². The van der Waals surface area contributed by atoms with Crippen molar-refractivity contribution in [3.63, 3.8) is 0 Å². The van der Waals surface area contributed by atoms with Crippen LogP contribution in [0.1, 0.15) is 31.1 Å². The first-order valence-corrected chi connectivity index (χ1v) is 6.87. The maximum absolute atomic E-state index is 12.2. The number of Topliss-reactive ketones (excluding diaryl/α,β-unsaturated/α-hetero) is 1. The first kappa shape index (κ1) is 17.8. The molecular weight excluding hydrogens is 286 g/mol.